The van der Waals surface area contributed by atoms with E-state index in [1.165, 1.54) is 12.1 Å². The maximum atomic E-state index is 14.9. The lowest BCUT2D eigenvalue weighted by Gasteiger charge is -2.26. The Balaban J connectivity index is 1.39. The van der Waals surface area contributed by atoms with Crippen LogP contribution in [0.25, 0.3) is 11.3 Å². The Hall–Kier alpha value is -4.56. The lowest BCUT2D eigenvalue weighted by molar-refractivity contribution is -0.258. The number of hydrogen-bond acceptors (Lipinski definition) is 7. The molecule has 10 nitrogen and oxygen atoms in total. The molecule has 2 aromatic heterocycles. The van der Waals surface area contributed by atoms with Crippen LogP contribution in [0.1, 0.15) is 34.1 Å². The third-order valence-corrected chi connectivity index (χ3v) is 7.24. The van der Waals surface area contributed by atoms with E-state index in [1.807, 2.05) is 17.8 Å². The summed E-state index contributed by atoms with van der Waals surface area (Å²) in [6, 6.07) is 10.1. The Morgan fingerprint density at radius 3 is 2.50 bits per heavy atom. The minimum atomic E-state index is -4.92. The van der Waals surface area contributed by atoms with E-state index in [-0.39, 0.29) is 22.6 Å². The van der Waals surface area contributed by atoms with E-state index in [1.54, 1.807) is 6.92 Å². The smallest absolute Gasteiger partial charge is 0.376 e. The third kappa shape index (κ3) is 5.50. The summed E-state index contributed by atoms with van der Waals surface area (Å²) in [6.45, 7) is 4.45. The minimum Gasteiger partial charge on any atom is -0.376 e. The van der Waals surface area contributed by atoms with Crippen LogP contribution in [0, 0.1) is 12.7 Å². The number of nitrogens with one attached hydrogen (secondary N) is 3. The van der Waals surface area contributed by atoms with Gasteiger partial charge in [-0.2, -0.15) is 23.4 Å². The Kier molecular flexibility index (Phi) is 7.37. The van der Waals surface area contributed by atoms with Crippen LogP contribution in [-0.4, -0.2) is 55.7 Å². The summed E-state index contributed by atoms with van der Waals surface area (Å²) in [5.41, 5.74) is -2.13. The number of aromatic nitrogens is 4. The summed E-state index contributed by atoms with van der Waals surface area (Å²) in [6.07, 6.45) is -4.92. The summed E-state index contributed by atoms with van der Waals surface area (Å²) in [4.78, 5) is 27.6. The van der Waals surface area contributed by atoms with Crippen molar-refractivity contribution >= 4 is 23.1 Å². The highest BCUT2D eigenvalue weighted by atomic mass is 19.4. The first-order valence-corrected chi connectivity index (χ1v) is 12.9. The number of aliphatic hydroxyl groups is 1. The molecule has 0 saturated carbocycles. The van der Waals surface area contributed by atoms with Gasteiger partial charge in [0.25, 0.3) is 11.5 Å². The van der Waals surface area contributed by atoms with Gasteiger partial charge < -0.3 is 15.7 Å². The van der Waals surface area contributed by atoms with E-state index in [0.717, 1.165) is 42.6 Å². The van der Waals surface area contributed by atoms with Crippen LogP contribution in [0.15, 0.2) is 53.3 Å². The molecule has 0 saturated heterocycles. The van der Waals surface area contributed by atoms with Crippen LogP contribution >= 0.6 is 0 Å². The van der Waals surface area contributed by atoms with E-state index < -0.39 is 34.6 Å². The van der Waals surface area contributed by atoms with Crippen LogP contribution in [0.5, 0.6) is 0 Å². The number of hydrogen-bond donors (Lipinski definition) is 4. The van der Waals surface area contributed by atoms with Gasteiger partial charge in [-0.05, 0) is 62.4 Å². The fraction of sp³-hybridized carbons (Fsp3) is 0.286. The first-order valence-electron chi connectivity index (χ1n) is 12.9. The number of likely N-dealkylation sites (N-methyl/N-ethyl adjacent to an activating group) is 1. The number of amides is 1. The molecule has 1 aliphatic rings. The molecule has 0 bridgehead atoms. The van der Waals surface area contributed by atoms with Crippen molar-refractivity contribution in [3.63, 3.8) is 0 Å². The van der Waals surface area contributed by atoms with Gasteiger partial charge in [0, 0.05) is 30.3 Å². The van der Waals surface area contributed by atoms with Gasteiger partial charge in [0.15, 0.2) is 11.4 Å². The molecular weight excluding hydrogens is 558 g/mol. The van der Waals surface area contributed by atoms with Crippen molar-refractivity contribution in [2.75, 3.05) is 24.2 Å². The zero-order chi connectivity index (χ0) is 30.4. The first kappa shape index (κ1) is 29.0. The summed E-state index contributed by atoms with van der Waals surface area (Å²) in [5.74, 6) is -1.05. The molecule has 4 aromatic rings. The molecule has 0 radical (unpaired) electrons. The van der Waals surface area contributed by atoms with Crippen molar-refractivity contribution in [3.05, 3.63) is 87.1 Å². The second kappa shape index (κ2) is 10.7. The van der Waals surface area contributed by atoms with E-state index >= 15 is 0 Å². The Bertz CT molecular complexity index is 1710. The van der Waals surface area contributed by atoms with Crippen molar-refractivity contribution in [2.24, 2.45) is 0 Å². The Morgan fingerprint density at radius 1 is 1.10 bits per heavy atom. The van der Waals surface area contributed by atoms with Crippen LogP contribution in [0.3, 0.4) is 0 Å². The molecule has 1 unspecified atom stereocenters. The second-order valence-corrected chi connectivity index (χ2v) is 10.3. The third-order valence-electron chi connectivity index (χ3n) is 7.24. The van der Waals surface area contributed by atoms with Gasteiger partial charge in [0.1, 0.15) is 11.5 Å². The van der Waals surface area contributed by atoms with Crippen LogP contribution < -0.4 is 16.2 Å². The summed E-state index contributed by atoms with van der Waals surface area (Å²) < 4.78 is 56.2. The van der Waals surface area contributed by atoms with Gasteiger partial charge in [-0.25, -0.2) is 9.49 Å². The van der Waals surface area contributed by atoms with Gasteiger partial charge in [-0.1, -0.05) is 12.1 Å². The summed E-state index contributed by atoms with van der Waals surface area (Å²) in [7, 11) is 2.00. The number of aromatic amines is 1. The number of anilines is 3. The molecule has 2 aromatic carbocycles. The zero-order valence-corrected chi connectivity index (χ0v) is 22.8. The fourth-order valence-corrected chi connectivity index (χ4v) is 4.64. The number of rotatable bonds is 6. The molecule has 4 N–H and O–H groups in total. The number of alkyl halides is 3. The highest BCUT2D eigenvalue weighted by Crippen LogP contribution is 2.38. The van der Waals surface area contributed by atoms with Crippen LogP contribution in [-0.2, 0) is 18.7 Å². The van der Waals surface area contributed by atoms with E-state index in [4.69, 9.17) is 0 Å². The molecule has 1 amide bonds. The average molecular weight is 586 g/mol. The fourth-order valence-electron chi connectivity index (χ4n) is 4.64. The van der Waals surface area contributed by atoms with E-state index in [2.05, 4.69) is 30.8 Å². The van der Waals surface area contributed by atoms with Crippen molar-refractivity contribution in [1.29, 1.82) is 0 Å². The molecule has 42 heavy (non-hydrogen) atoms. The first-order chi connectivity index (χ1) is 19.7. The predicted octanol–water partition coefficient (Wildman–Crippen LogP) is 4.29. The molecule has 5 rings (SSSR count). The quantitative estimate of drug-likeness (QED) is 0.249. The number of carbonyl (C=O) groups is 1. The van der Waals surface area contributed by atoms with Gasteiger partial charge in [0.05, 0.1) is 23.6 Å². The standard InChI is InChI=1S/C28H27F4N7O3/c1-15-19(21-13-22(26(41)36-35-21)33-23-12-18-14-38(3)10-11-39(18)37-23)8-9-20(29)24(15)34-25(40)16-4-6-17(7-5-16)27(2,42)28(30,31)32/h4-9,12-13,42H,10-11,14H2,1-3H3,(H,34,40)(H,36,41)(H,33,35,37). The predicted molar refractivity (Wildman–Crippen MR) is 147 cm³/mol. The van der Waals surface area contributed by atoms with Crippen molar-refractivity contribution in [3.8, 4) is 11.3 Å². The van der Waals surface area contributed by atoms with Gasteiger partial charge in [0.2, 0.25) is 0 Å². The average Bonchev–Trinajstić information content (AvgIpc) is 3.33. The minimum absolute atomic E-state index is 0.0523. The molecule has 14 heteroatoms. The lowest BCUT2D eigenvalue weighted by Crippen LogP contribution is -2.39. The molecular formula is C28H27F4N7O3. The maximum Gasteiger partial charge on any atom is 0.421 e. The SMILES string of the molecule is Cc1c(-c2cc(Nc3cc4n(n3)CCN(C)C4)c(=O)[nH]n2)ccc(F)c1NC(=O)c1ccc(C(C)(O)C(F)(F)F)cc1. The number of fused-ring (bicyclic) bond motifs is 1. The van der Waals surface area contributed by atoms with Gasteiger partial charge in [-0.3, -0.25) is 19.2 Å². The second-order valence-electron chi connectivity index (χ2n) is 10.3. The zero-order valence-electron chi connectivity index (χ0n) is 22.8. The Labute approximate surface area is 237 Å². The van der Waals surface area contributed by atoms with Gasteiger partial charge in [-0.15, -0.1) is 0 Å². The van der Waals surface area contributed by atoms with Crippen LogP contribution in [0.2, 0.25) is 0 Å². The normalized spacial score (nSPS) is 15.1. The lowest BCUT2D eigenvalue weighted by atomic mass is 9.94. The number of nitrogens with zero attached hydrogens (tertiary/aromatic N) is 4. The van der Waals surface area contributed by atoms with Gasteiger partial charge >= 0.3 is 6.18 Å². The highest BCUT2D eigenvalue weighted by Gasteiger charge is 2.51. The molecule has 1 aliphatic heterocycles. The maximum absolute atomic E-state index is 14.9. The molecule has 3 heterocycles. The van der Waals surface area contributed by atoms with Crippen molar-refractivity contribution in [1.82, 2.24) is 24.9 Å². The molecule has 0 fully saturated rings. The molecule has 1 atom stereocenters. The largest absolute Gasteiger partial charge is 0.421 e. The number of halogens is 4. The number of H-pyrrole nitrogens is 1. The Morgan fingerprint density at radius 2 is 1.81 bits per heavy atom. The summed E-state index contributed by atoms with van der Waals surface area (Å²) in [5, 5.41) is 26.3. The van der Waals surface area contributed by atoms with Crippen molar-refractivity contribution < 1.29 is 27.5 Å². The number of benzene rings is 2. The summed E-state index contributed by atoms with van der Waals surface area (Å²) >= 11 is 0. The number of carbonyl (C=O) groups excluding carboxylic acids is 1. The molecule has 220 valence electrons. The van der Waals surface area contributed by atoms with Crippen molar-refractivity contribution in [2.45, 2.75) is 38.7 Å². The topological polar surface area (TPSA) is 128 Å². The van der Waals surface area contributed by atoms with E-state index in [9.17, 15) is 32.3 Å². The molecule has 0 spiro atoms. The monoisotopic (exact) mass is 585 g/mol. The highest BCUT2D eigenvalue weighted by molar-refractivity contribution is 6.05. The molecule has 0 aliphatic carbocycles. The van der Waals surface area contributed by atoms with E-state index in [0.29, 0.717) is 37.0 Å². The van der Waals surface area contributed by atoms with Crippen LogP contribution in [0.4, 0.5) is 34.8 Å².